The van der Waals surface area contributed by atoms with Crippen molar-refractivity contribution in [2.75, 3.05) is 7.11 Å². The molecule has 0 bridgehead atoms. The number of carbonyl (C=O) groups excluding carboxylic acids is 1. The first-order valence-electron chi connectivity index (χ1n) is 12.2. The third kappa shape index (κ3) is 3.34. The quantitative estimate of drug-likeness (QED) is 0.603. The average molecular weight is 423 g/mol. The van der Waals surface area contributed by atoms with Gasteiger partial charge in [0.25, 0.3) is 0 Å². The van der Waals surface area contributed by atoms with Crippen LogP contribution in [0.4, 0.5) is 0 Å². The fourth-order valence-electron chi connectivity index (χ4n) is 8.78. The topological polar surface area (TPSA) is 87.0 Å². The average Bonchev–Trinajstić information content (AvgIpc) is 3.06. The first-order chi connectivity index (χ1) is 14.1. The molecular formula is C25H42O5. The van der Waals surface area contributed by atoms with Crippen LogP contribution in [0.1, 0.15) is 78.6 Å². The second-order valence-electron chi connectivity index (χ2n) is 11.6. The Morgan fingerprint density at radius 3 is 2.50 bits per heavy atom. The van der Waals surface area contributed by atoms with Gasteiger partial charge in [0.15, 0.2) is 0 Å². The summed E-state index contributed by atoms with van der Waals surface area (Å²) in [6, 6.07) is 0. The van der Waals surface area contributed by atoms with Crippen LogP contribution >= 0.6 is 0 Å². The zero-order chi connectivity index (χ0) is 21.8. The zero-order valence-corrected chi connectivity index (χ0v) is 19.2. The number of fused-ring (bicyclic) bond motifs is 5. The Morgan fingerprint density at radius 1 is 1.07 bits per heavy atom. The summed E-state index contributed by atoms with van der Waals surface area (Å²) in [5, 5.41) is 33.1. The van der Waals surface area contributed by atoms with E-state index >= 15 is 0 Å². The highest BCUT2D eigenvalue weighted by Crippen LogP contribution is 2.68. The van der Waals surface area contributed by atoms with Gasteiger partial charge in [-0.05, 0) is 97.7 Å². The Kier molecular flexibility index (Phi) is 6.04. The first-order valence-corrected chi connectivity index (χ1v) is 12.2. The van der Waals surface area contributed by atoms with Crippen LogP contribution in [-0.2, 0) is 9.53 Å². The van der Waals surface area contributed by atoms with E-state index in [1.54, 1.807) is 0 Å². The minimum atomic E-state index is -0.369. The molecule has 4 aliphatic rings. The van der Waals surface area contributed by atoms with Gasteiger partial charge in [-0.2, -0.15) is 0 Å². The predicted octanol–water partition coefficient (Wildman–Crippen LogP) is 3.54. The van der Waals surface area contributed by atoms with Crippen LogP contribution in [0.25, 0.3) is 0 Å². The monoisotopic (exact) mass is 422 g/mol. The molecule has 4 rings (SSSR count). The molecule has 5 heteroatoms. The first kappa shape index (κ1) is 22.5. The second-order valence-corrected chi connectivity index (χ2v) is 11.6. The number of rotatable bonds is 4. The Labute approximate surface area is 181 Å². The molecule has 0 aromatic heterocycles. The zero-order valence-electron chi connectivity index (χ0n) is 19.2. The van der Waals surface area contributed by atoms with Crippen LogP contribution in [0.5, 0.6) is 0 Å². The van der Waals surface area contributed by atoms with Crippen LogP contribution in [0, 0.1) is 46.3 Å². The molecule has 4 fully saturated rings. The van der Waals surface area contributed by atoms with E-state index in [9.17, 15) is 20.1 Å². The summed E-state index contributed by atoms with van der Waals surface area (Å²) < 4.78 is 4.83. The molecule has 0 radical (unpaired) electrons. The molecule has 172 valence electrons. The van der Waals surface area contributed by atoms with Crippen molar-refractivity contribution in [3.63, 3.8) is 0 Å². The van der Waals surface area contributed by atoms with E-state index in [-0.39, 0.29) is 41.0 Å². The Bertz CT molecular complexity index is 651. The summed E-state index contributed by atoms with van der Waals surface area (Å²) in [5.74, 6) is 1.81. The fraction of sp³-hybridized carbons (Fsp3) is 0.960. The minimum Gasteiger partial charge on any atom is -0.469 e. The van der Waals surface area contributed by atoms with Crippen molar-refractivity contribution >= 4 is 5.97 Å². The number of carbonyl (C=O) groups is 1. The number of methoxy groups -OCH3 is 1. The molecule has 0 saturated heterocycles. The summed E-state index contributed by atoms with van der Waals surface area (Å²) in [6.45, 7) is 6.85. The maximum atomic E-state index is 11.7. The smallest absolute Gasteiger partial charge is 0.305 e. The van der Waals surface area contributed by atoms with Gasteiger partial charge in [-0.3, -0.25) is 4.79 Å². The molecule has 0 spiro atoms. The van der Waals surface area contributed by atoms with Crippen molar-refractivity contribution in [2.24, 2.45) is 46.3 Å². The summed E-state index contributed by atoms with van der Waals surface area (Å²) in [5.41, 5.74) is -0.0882. The maximum absolute atomic E-state index is 11.7. The van der Waals surface area contributed by atoms with Gasteiger partial charge in [-0.15, -0.1) is 0 Å². The molecule has 4 aliphatic carbocycles. The van der Waals surface area contributed by atoms with Crippen molar-refractivity contribution in [3.05, 3.63) is 0 Å². The van der Waals surface area contributed by atoms with Gasteiger partial charge in [-0.1, -0.05) is 20.8 Å². The molecule has 0 aliphatic heterocycles. The van der Waals surface area contributed by atoms with Gasteiger partial charge < -0.3 is 20.1 Å². The normalized spacial score (nSPS) is 51.4. The molecule has 0 aromatic carbocycles. The van der Waals surface area contributed by atoms with Crippen LogP contribution in [-0.4, -0.2) is 46.7 Å². The highest BCUT2D eigenvalue weighted by Gasteiger charge is 2.65. The summed E-state index contributed by atoms with van der Waals surface area (Å²) >= 11 is 0. The van der Waals surface area contributed by atoms with E-state index in [4.69, 9.17) is 4.74 Å². The van der Waals surface area contributed by atoms with Crippen LogP contribution in [0.15, 0.2) is 0 Å². The van der Waals surface area contributed by atoms with E-state index in [0.717, 1.165) is 51.4 Å². The predicted molar refractivity (Wildman–Crippen MR) is 114 cm³/mol. The fourth-order valence-corrected chi connectivity index (χ4v) is 8.78. The Hall–Kier alpha value is -0.650. The Balaban J connectivity index is 1.58. The number of aliphatic hydroxyl groups excluding tert-OH is 3. The molecule has 30 heavy (non-hydrogen) atoms. The van der Waals surface area contributed by atoms with Gasteiger partial charge in [-0.25, -0.2) is 0 Å². The molecule has 3 N–H and O–H groups in total. The van der Waals surface area contributed by atoms with Gasteiger partial charge in [0.1, 0.15) is 0 Å². The minimum absolute atomic E-state index is 0.111. The lowest BCUT2D eigenvalue weighted by molar-refractivity contribution is -0.207. The molecule has 11 atom stereocenters. The van der Waals surface area contributed by atoms with Gasteiger partial charge in [0.2, 0.25) is 0 Å². The molecule has 0 amide bonds. The van der Waals surface area contributed by atoms with Crippen LogP contribution in [0.3, 0.4) is 0 Å². The lowest BCUT2D eigenvalue weighted by atomic mass is 9.43. The number of ether oxygens (including phenoxy) is 1. The molecule has 1 unspecified atom stereocenters. The standard InChI is InChI=1S/C25H42O5/c1-14(5-8-22(29)30-4)17-6-7-18-23-19(13-21(28)25(17,18)3)24(2)10-9-16(26)11-15(24)12-20(23)27/h14-21,23,26-28H,5-13H2,1-4H3/t14-,15+,16?,17-,18+,19+,20-,21+,23+,24+,25-/m1/s1. The second kappa shape index (κ2) is 8.04. The number of aliphatic hydroxyl groups is 3. The van der Waals surface area contributed by atoms with E-state index in [1.807, 2.05) is 0 Å². The van der Waals surface area contributed by atoms with Crippen molar-refractivity contribution in [2.45, 2.75) is 96.9 Å². The van der Waals surface area contributed by atoms with Crippen molar-refractivity contribution in [1.82, 2.24) is 0 Å². The highest BCUT2D eigenvalue weighted by atomic mass is 16.5. The SMILES string of the molecule is COC(=O)CC[C@@H](C)[C@H]1CC[C@H]2[C@@H]3[C@H](O)C[C@@H]4CC(O)CC[C@]4(C)[C@H]3C[C@H](O)[C@]12C. The summed E-state index contributed by atoms with van der Waals surface area (Å²) in [6.07, 6.45) is 6.60. The third-order valence-corrected chi connectivity index (χ3v) is 10.6. The van der Waals surface area contributed by atoms with E-state index < -0.39 is 0 Å². The van der Waals surface area contributed by atoms with Crippen LogP contribution in [0.2, 0.25) is 0 Å². The van der Waals surface area contributed by atoms with Gasteiger partial charge in [0.05, 0.1) is 25.4 Å². The van der Waals surface area contributed by atoms with Crippen molar-refractivity contribution < 1.29 is 24.9 Å². The lowest BCUT2D eigenvalue weighted by Crippen LogP contribution is -2.62. The van der Waals surface area contributed by atoms with Gasteiger partial charge in [0, 0.05) is 6.42 Å². The van der Waals surface area contributed by atoms with Crippen molar-refractivity contribution in [3.8, 4) is 0 Å². The van der Waals surface area contributed by atoms with E-state index in [1.165, 1.54) is 7.11 Å². The van der Waals surface area contributed by atoms with Crippen LogP contribution < -0.4 is 0 Å². The molecular weight excluding hydrogens is 380 g/mol. The number of hydrogen-bond donors (Lipinski definition) is 3. The number of esters is 1. The van der Waals surface area contributed by atoms with Crippen molar-refractivity contribution in [1.29, 1.82) is 0 Å². The highest BCUT2D eigenvalue weighted by molar-refractivity contribution is 5.69. The largest absolute Gasteiger partial charge is 0.469 e. The number of hydrogen-bond acceptors (Lipinski definition) is 5. The molecule has 0 aromatic rings. The van der Waals surface area contributed by atoms with E-state index in [2.05, 4.69) is 20.8 Å². The third-order valence-electron chi connectivity index (χ3n) is 10.6. The summed E-state index contributed by atoms with van der Waals surface area (Å²) in [7, 11) is 1.44. The lowest BCUT2D eigenvalue weighted by Gasteiger charge is -2.63. The molecule has 4 saturated carbocycles. The molecule has 0 heterocycles. The van der Waals surface area contributed by atoms with Gasteiger partial charge >= 0.3 is 5.97 Å². The maximum Gasteiger partial charge on any atom is 0.305 e. The summed E-state index contributed by atoms with van der Waals surface area (Å²) in [4.78, 5) is 11.7. The van der Waals surface area contributed by atoms with E-state index in [0.29, 0.717) is 36.0 Å². The Morgan fingerprint density at radius 2 is 1.80 bits per heavy atom. The molecule has 5 nitrogen and oxygen atoms in total.